The quantitative estimate of drug-likeness (QED) is 0.420. The first-order chi connectivity index (χ1) is 17.1. The van der Waals surface area contributed by atoms with E-state index in [1.807, 2.05) is 85.7 Å². The number of amides is 1. The molecular formula is C28H30N6O. The van der Waals surface area contributed by atoms with Crippen LogP contribution in [0.2, 0.25) is 0 Å². The molecule has 0 atom stereocenters. The molecule has 35 heavy (non-hydrogen) atoms. The van der Waals surface area contributed by atoms with Crippen molar-refractivity contribution >= 4 is 28.6 Å². The van der Waals surface area contributed by atoms with Crippen LogP contribution in [0.3, 0.4) is 0 Å². The van der Waals surface area contributed by atoms with E-state index in [9.17, 15) is 4.79 Å². The topological polar surface area (TPSA) is 83.0 Å². The smallest absolute Gasteiger partial charge is 0.252 e. The fourth-order valence-electron chi connectivity index (χ4n) is 4.62. The molecule has 0 bridgehead atoms. The lowest BCUT2D eigenvalue weighted by Gasteiger charge is -2.30. The second-order valence-electron chi connectivity index (χ2n) is 9.24. The molecule has 7 heteroatoms. The van der Waals surface area contributed by atoms with Gasteiger partial charge in [-0.1, -0.05) is 48.5 Å². The second kappa shape index (κ2) is 10.1. The second-order valence-corrected chi connectivity index (χ2v) is 9.24. The van der Waals surface area contributed by atoms with Crippen molar-refractivity contribution in [1.29, 1.82) is 0 Å². The molecule has 0 unspecified atom stereocenters. The summed E-state index contributed by atoms with van der Waals surface area (Å²) in [6.45, 7) is 0. The SMILES string of the molecule is CN(C)c1ccnc(NC2CCC(NC(=O)c3cc(-c4ccccc4)nc4ccccc34)CC2)n1. The summed E-state index contributed by atoms with van der Waals surface area (Å²) in [4.78, 5) is 29.1. The molecule has 0 spiro atoms. The van der Waals surface area contributed by atoms with Gasteiger partial charge in [-0.3, -0.25) is 4.79 Å². The molecule has 178 valence electrons. The van der Waals surface area contributed by atoms with Crippen LogP contribution in [0.4, 0.5) is 11.8 Å². The first kappa shape index (κ1) is 22.8. The molecule has 2 heterocycles. The van der Waals surface area contributed by atoms with Gasteiger partial charge in [-0.2, -0.15) is 4.98 Å². The fraction of sp³-hybridized carbons (Fsp3) is 0.286. The van der Waals surface area contributed by atoms with E-state index in [-0.39, 0.29) is 11.9 Å². The number of benzene rings is 2. The summed E-state index contributed by atoms with van der Waals surface area (Å²) in [6, 6.07) is 22.1. The largest absolute Gasteiger partial charge is 0.363 e. The molecule has 0 saturated heterocycles. The highest BCUT2D eigenvalue weighted by Crippen LogP contribution is 2.26. The summed E-state index contributed by atoms with van der Waals surface area (Å²) in [5.41, 5.74) is 3.30. The summed E-state index contributed by atoms with van der Waals surface area (Å²) >= 11 is 0. The number of carbonyl (C=O) groups excluding carboxylic acids is 1. The molecule has 0 radical (unpaired) electrons. The number of fused-ring (bicyclic) bond motifs is 1. The Bertz CT molecular complexity index is 1320. The molecule has 2 N–H and O–H groups in total. The monoisotopic (exact) mass is 466 g/mol. The molecule has 2 aromatic heterocycles. The van der Waals surface area contributed by atoms with Crippen molar-refractivity contribution in [2.24, 2.45) is 0 Å². The van der Waals surface area contributed by atoms with Crippen molar-refractivity contribution in [2.45, 2.75) is 37.8 Å². The number of para-hydroxylation sites is 1. The van der Waals surface area contributed by atoms with Crippen LogP contribution in [0.1, 0.15) is 36.0 Å². The van der Waals surface area contributed by atoms with Gasteiger partial charge in [0.1, 0.15) is 5.82 Å². The predicted octanol–water partition coefficient (Wildman–Crippen LogP) is 4.91. The van der Waals surface area contributed by atoms with E-state index in [1.54, 1.807) is 6.20 Å². The lowest BCUT2D eigenvalue weighted by Crippen LogP contribution is -2.40. The minimum Gasteiger partial charge on any atom is -0.363 e. The molecule has 4 aromatic rings. The Morgan fingerprint density at radius 3 is 2.37 bits per heavy atom. The highest BCUT2D eigenvalue weighted by Gasteiger charge is 2.24. The zero-order chi connectivity index (χ0) is 24.2. The average molecular weight is 467 g/mol. The Morgan fingerprint density at radius 2 is 1.60 bits per heavy atom. The summed E-state index contributed by atoms with van der Waals surface area (Å²) in [5.74, 6) is 1.49. The van der Waals surface area contributed by atoms with Crippen molar-refractivity contribution < 1.29 is 4.79 Å². The van der Waals surface area contributed by atoms with Crippen molar-refractivity contribution in [3.05, 3.63) is 78.5 Å². The maximum absolute atomic E-state index is 13.4. The first-order valence-corrected chi connectivity index (χ1v) is 12.1. The Morgan fingerprint density at radius 1 is 0.886 bits per heavy atom. The van der Waals surface area contributed by atoms with Crippen molar-refractivity contribution in [2.75, 3.05) is 24.3 Å². The van der Waals surface area contributed by atoms with E-state index >= 15 is 0 Å². The van der Waals surface area contributed by atoms with Gasteiger partial charge in [0, 0.05) is 43.3 Å². The highest BCUT2D eigenvalue weighted by atomic mass is 16.1. The number of nitrogens with zero attached hydrogens (tertiary/aromatic N) is 4. The molecule has 5 rings (SSSR count). The molecular weight excluding hydrogens is 436 g/mol. The third-order valence-corrected chi connectivity index (χ3v) is 6.53. The van der Waals surface area contributed by atoms with Crippen LogP contribution in [0.15, 0.2) is 72.9 Å². The number of nitrogens with one attached hydrogen (secondary N) is 2. The van der Waals surface area contributed by atoms with Crippen LogP contribution in [-0.4, -0.2) is 47.0 Å². The number of carbonyl (C=O) groups is 1. The van der Waals surface area contributed by atoms with Gasteiger partial charge in [0.25, 0.3) is 5.91 Å². The van der Waals surface area contributed by atoms with Crippen LogP contribution < -0.4 is 15.5 Å². The van der Waals surface area contributed by atoms with E-state index in [2.05, 4.69) is 20.6 Å². The minimum atomic E-state index is -0.0424. The average Bonchev–Trinajstić information content (AvgIpc) is 2.90. The number of pyridine rings is 1. The van der Waals surface area contributed by atoms with Gasteiger partial charge in [-0.05, 0) is 43.9 Å². The minimum absolute atomic E-state index is 0.0424. The van der Waals surface area contributed by atoms with Crippen LogP contribution in [0, 0.1) is 0 Å². The van der Waals surface area contributed by atoms with E-state index in [1.165, 1.54) is 0 Å². The standard InChI is InChI=1S/C28H30N6O/c1-34(2)26-16-17-29-28(33-26)31-21-14-12-20(13-15-21)30-27(35)23-18-25(19-8-4-3-5-9-19)32-24-11-7-6-10-22(23)24/h3-11,16-18,20-21H,12-15H2,1-2H3,(H,30,35)(H,29,31,33). The number of rotatable bonds is 6. The van der Waals surface area contributed by atoms with Crippen LogP contribution in [0.25, 0.3) is 22.2 Å². The summed E-state index contributed by atoms with van der Waals surface area (Å²) < 4.78 is 0. The van der Waals surface area contributed by atoms with Gasteiger partial charge < -0.3 is 15.5 Å². The summed E-state index contributed by atoms with van der Waals surface area (Å²) in [6.07, 6.45) is 5.50. The van der Waals surface area contributed by atoms with E-state index in [0.29, 0.717) is 17.6 Å². The Kier molecular flexibility index (Phi) is 6.57. The number of anilines is 2. The molecule has 1 amide bonds. The van der Waals surface area contributed by atoms with Gasteiger partial charge in [-0.15, -0.1) is 0 Å². The molecule has 2 aromatic carbocycles. The summed E-state index contributed by atoms with van der Waals surface area (Å²) in [5, 5.41) is 7.62. The van der Waals surface area contributed by atoms with Gasteiger partial charge >= 0.3 is 0 Å². The highest BCUT2D eigenvalue weighted by molar-refractivity contribution is 6.07. The number of aromatic nitrogens is 3. The maximum Gasteiger partial charge on any atom is 0.252 e. The fourth-order valence-corrected chi connectivity index (χ4v) is 4.62. The van der Waals surface area contributed by atoms with Crippen LogP contribution >= 0.6 is 0 Å². The Hall–Kier alpha value is -4.00. The van der Waals surface area contributed by atoms with Crippen molar-refractivity contribution in [1.82, 2.24) is 20.3 Å². The lowest BCUT2D eigenvalue weighted by molar-refractivity contribution is 0.0928. The van der Waals surface area contributed by atoms with E-state index in [0.717, 1.165) is 53.7 Å². The molecule has 1 aliphatic rings. The van der Waals surface area contributed by atoms with Gasteiger partial charge in [-0.25, -0.2) is 9.97 Å². The predicted molar refractivity (Wildman–Crippen MR) is 141 cm³/mol. The van der Waals surface area contributed by atoms with Gasteiger partial charge in [0.05, 0.1) is 16.8 Å². The number of hydrogen-bond acceptors (Lipinski definition) is 6. The normalized spacial score (nSPS) is 17.7. The van der Waals surface area contributed by atoms with E-state index in [4.69, 9.17) is 4.98 Å². The van der Waals surface area contributed by atoms with Crippen molar-refractivity contribution in [3.63, 3.8) is 0 Å². The van der Waals surface area contributed by atoms with Crippen molar-refractivity contribution in [3.8, 4) is 11.3 Å². The molecule has 7 nitrogen and oxygen atoms in total. The van der Waals surface area contributed by atoms with Gasteiger partial charge in [0.2, 0.25) is 5.95 Å². The third kappa shape index (κ3) is 5.24. The molecule has 1 fully saturated rings. The molecule has 0 aliphatic heterocycles. The summed E-state index contributed by atoms with van der Waals surface area (Å²) in [7, 11) is 3.93. The van der Waals surface area contributed by atoms with E-state index < -0.39 is 0 Å². The zero-order valence-corrected chi connectivity index (χ0v) is 20.1. The Labute approximate surface area is 205 Å². The number of hydrogen-bond donors (Lipinski definition) is 2. The first-order valence-electron chi connectivity index (χ1n) is 12.1. The van der Waals surface area contributed by atoms with Crippen LogP contribution in [-0.2, 0) is 0 Å². The van der Waals surface area contributed by atoms with Crippen LogP contribution in [0.5, 0.6) is 0 Å². The molecule has 1 saturated carbocycles. The third-order valence-electron chi connectivity index (χ3n) is 6.53. The molecule has 1 aliphatic carbocycles. The Balaban J connectivity index is 1.27. The zero-order valence-electron chi connectivity index (χ0n) is 20.1. The lowest BCUT2D eigenvalue weighted by atomic mass is 9.91. The maximum atomic E-state index is 13.4. The van der Waals surface area contributed by atoms with Gasteiger partial charge in [0.15, 0.2) is 0 Å².